The minimum atomic E-state index is -1.01. The minimum Gasteiger partial charge on any atom is -0.480 e. The summed E-state index contributed by atoms with van der Waals surface area (Å²) in [5.74, 6) is -0.831. The molecule has 0 amide bonds. The van der Waals surface area contributed by atoms with Gasteiger partial charge in [-0.25, -0.2) is 4.79 Å². The van der Waals surface area contributed by atoms with E-state index in [1.54, 1.807) is 25.9 Å². The predicted octanol–water partition coefficient (Wildman–Crippen LogP) is 3.12. The molecule has 1 atom stereocenters. The molecule has 0 bridgehead atoms. The number of carboxylic acid groups (broad SMARTS) is 1. The molecule has 1 N–H and O–H groups in total. The third-order valence-corrected chi connectivity index (χ3v) is 4.67. The molecule has 1 unspecified atom stereocenters. The lowest BCUT2D eigenvalue weighted by Crippen LogP contribution is -2.45. The highest BCUT2D eigenvalue weighted by Crippen LogP contribution is 2.39. The Morgan fingerprint density at radius 3 is 2.43 bits per heavy atom. The molecule has 21 heavy (non-hydrogen) atoms. The normalized spacial score (nSPS) is 15.4. The van der Waals surface area contributed by atoms with Crippen LogP contribution in [-0.4, -0.2) is 30.1 Å². The van der Waals surface area contributed by atoms with E-state index in [4.69, 9.17) is 0 Å². The molecule has 0 radical (unpaired) electrons. The van der Waals surface area contributed by atoms with Gasteiger partial charge in [-0.3, -0.25) is 4.90 Å². The van der Waals surface area contributed by atoms with Gasteiger partial charge >= 0.3 is 5.97 Å². The van der Waals surface area contributed by atoms with Gasteiger partial charge in [-0.15, -0.1) is 0 Å². The Morgan fingerprint density at radius 1 is 1.10 bits per heavy atom. The van der Waals surface area contributed by atoms with Crippen LogP contribution in [0.4, 0.5) is 0 Å². The van der Waals surface area contributed by atoms with E-state index < -0.39 is 11.5 Å². The van der Waals surface area contributed by atoms with Crippen molar-refractivity contribution in [1.82, 2.24) is 4.90 Å². The molecule has 2 aromatic carbocycles. The van der Waals surface area contributed by atoms with Crippen LogP contribution in [-0.2, 0) is 16.8 Å². The summed E-state index contributed by atoms with van der Waals surface area (Å²) in [6, 6.07) is 14.4. The van der Waals surface area contributed by atoms with Crippen LogP contribution in [0, 0.1) is 0 Å². The average molecular weight is 281 g/mol. The second-order valence-electron chi connectivity index (χ2n) is 5.98. The van der Waals surface area contributed by atoms with Crippen molar-refractivity contribution < 1.29 is 9.90 Å². The van der Waals surface area contributed by atoms with Crippen molar-refractivity contribution in [2.75, 3.05) is 14.1 Å². The first-order chi connectivity index (χ1) is 9.94. The standard InChI is InChI=1S/C18H19NO2/c1-18(17(20)21,19(2)3)14-8-9-16-13(11-14)10-12-6-4-5-7-15(12)16/h4-9,11H,10H2,1-3H3,(H,20,21). The quantitative estimate of drug-likeness (QED) is 0.802. The number of carbonyl (C=O) groups is 1. The summed E-state index contributed by atoms with van der Waals surface area (Å²) in [5.41, 5.74) is 4.83. The maximum atomic E-state index is 11.7. The van der Waals surface area contributed by atoms with Crippen LogP contribution in [0.2, 0.25) is 0 Å². The van der Waals surface area contributed by atoms with Crippen LogP contribution in [0.5, 0.6) is 0 Å². The lowest BCUT2D eigenvalue weighted by molar-refractivity contribution is -0.149. The van der Waals surface area contributed by atoms with Crippen LogP contribution in [0.25, 0.3) is 11.1 Å². The SMILES string of the molecule is CN(C)C(C)(C(=O)O)c1ccc2c(c1)Cc1ccccc1-2. The van der Waals surface area contributed by atoms with Crippen molar-refractivity contribution >= 4 is 5.97 Å². The molecule has 0 fully saturated rings. The number of nitrogens with zero attached hydrogens (tertiary/aromatic N) is 1. The van der Waals surface area contributed by atoms with E-state index in [2.05, 4.69) is 18.2 Å². The van der Waals surface area contributed by atoms with Crippen LogP contribution >= 0.6 is 0 Å². The highest BCUT2D eigenvalue weighted by molar-refractivity contribution is 5.82. The van der Waals surface area contributed by atoms with Gasteiger partial charge in [0.15, 0.2) is 0 Å². The number of carboxylic acids is 1. The van der Waals surface area contributed by atoms with Gasteiger partial charge in [-0.05, 0) is 55.3 Å². The smallest absolute Gasteiger partial charge is 0.328 e. The van der Waals surface area contributed by atoms with E-state index in [1.165, 1.54) is 22.3 Å². The molecule has 1 aliphatic rings. The van der Waals surface area contributed by atoms with E-state index in [-0.39, 0.29) is 0 Å². The van der Waals surface area contributed by atoms with E-state index >= 15 is 0 Å². The number of hydrogen-bond donors (Lipinski definition) is 1. The number of hydrogen-bond acceptors (Lipinski definition) is 2. The van der Waals surface area contributed by atoms with Gasteiger partial charge in [0.05, 0.1) is 0 Å². The number of rotatable bonds is 3. The molecular formula is C18H19NO2. The molecule has 3 heteroatoms. The summed E-state index contributed by atoms with van der Waals surface area (Å²) in [6.45, 7) is 1.75. The Labute approximate surface area is 124 Å². The molecule has 0 heterocycles. The predicted molar refractivity (Wildman–Crippen MR) is 83.4 cm³/mol. The first-order valence-corrected chi connectivity index (χ1v) is 7.07. The second-order valence-corrected chi connectivity index (χ2v) is 5.98. The van der Waals surface area contributed by atoms with E-state index in [9.17, 15) is 9.90 Å². The molecule has 0 spiro atoms. The van der Waals surface area contributed by atoms with Crippen molar-refractivity contribution in [3.05, 3.63) is 59.2 Å². The van der Waals surface area contributed by atoms with Crippen molar-refractivity contribution in [1.29, 1.82) is 0 Å². The zero-order valence-corrected chi connectivity index (χ0v) is 12.6. The van der Waals surface area contributed by atoms with Crippen LogP contribution in [0.3, 0.4) is 0 Å². The Kier molecular flexibility index (Phi) is 3.10. The molecule has 0 saturated carbocycles. The molecule has 1 aliphatic carbocycles. The Morgan fingerprint density at radius 2 is 1.76 bits per heavy atom. The maximum Gasteiger partial charge on any atom is 0.328 e. The maximum absolute atomic E-state index is 11.7. The minimum absolute atomic E-state index is 0.826. The first-order valence-electron chi connectivity index (χ1n) is 7.07. The monoisotopic (exact) mass is 281 g/mol. The Hall–Kier alpha value is -2.13. The number of likely N-dealkylation sites (N-methyl/N-ethyl adjacent to an activating group) is 1. The summed E-state index contributed by atoms with van der Waals surface area (Å²) >= 11 is 0. The zero-order valence-electron chi connectivity index (χ0n) is 12.6. The van der Waals surface area contributed by atoms with Gasteiger partial charge in [0.1, 0.15) is 5.54 Å². The number of aliphatic carboxylic acids is 1. The lowest BCUT2D eigenvalue weighted by Gasteiger charge is -2.33. The fraction of sp³-hybridized carbons (Fsp3) is 0.278. The zero-order chi connectivity index (χ0) is 15.2. The summed E-state index contributed by atoms with van der Waals surface area (Å²) in [7, 11) is 3.60. The lowest BCUT2D eigenvalue weighted by atomic mass is 9.88. The molecule has 3 nitrogen and oxygen atoms in total. The van der Waals surface area contributed by atoms with Gasteiger partial charge in [-0.2, -0.15) is 0 Å². The van der Waals surface area contributed by atoms with E-state index in [0.717, 1.165) is 12.0 Å². The van der Waals surface area contributed by atoms with Crippen molar-refractivity contribution in [3.8, 4) is 11.1 Å². The summed E-state index contributed by atoms with van der Waals surface area (Å²) in [6.07, 6.45) is 0.877. The van der Waals surface area contributed by atoms with E-state index in [1.807, 2.05) is 24.3 Å². The largest absolute Gasteiger partial charge is 0.480 e. The van der Waals surface area contributed by atoms with Crippen LogP contribution < -0.4 is 0 Å². The Balaban J connectivity index is 2.11. The fourth-order valence-electron chi connectivity index (χ4n) is 3.02. The molecule has 3 rings (SSSR count). The van der Waals surface area contributed by atoms with Crippen LogP contribution in [0.1, 0.15) is 23.6 Å². The van der Waals surface area contributed by atoms with Gasteiger partial charge in [-0.1, -0.05) is 42.5 Å². The highest BCUT2D eigenvalue weighted by atomic mass is 16.4. The molecule has 2 aromatic rings. The topological polar surface area (TPSA) is 40.5 Å². The third-order valence-electron chi connectivity index (χ3n) is 4.67. The van der Waals surface area contributed by atoms with Gasteiger partial charge in [0.25, 0.3) is 0 Å². The summed E-state index contributed by atoms with van der Waals surface area (Å²) < 4.78 is 0. The molecule has 0 saturated heterocycles. The fourth-order valence-corrected chi connectivity index (χ4v) is 3.02. The second kappa shape index (κ2) is 4.71. The average Bonchev–Trinajstić information content (AvgIpc) is 2.83. The summed E-state index contributed by atoms with van der Waals surface area (Å²) in [5, 5.41) is 9.64. The van der Waals surface area contributed by atoms with Gasteiger partial charge in [0.2, 0.25) is 0 Å². The molecule has 108 valence electrons. The van der Waals surface area contributed by atoms with Crippen molar-refractivity contribution in [3.63, 3.8) is 0 Å². The molecule has 0 aromatic heterocycles. The summed E-state index contributed by atoms with van der Waals surface area (Å²) in [4.78, 5) is 13.5. The van der Waals surface area contributed by atoms with Gasteiger partial charge < -0.3 is 5.11 Å². The molecule has 0 aliphatic heterocycles. The van der Waals surface area contributed by atoms with Crippen LogP contribution in [0.15, 0.2) is 42.5 Å². The number of fused-ring (bicyclic) bond motifs is 3. The third kappa shape index (κ3) is 1.96. The van der Waals surface area contributed by atoms with E-state index in [0.29, 0.717) is 0 Å². The first kappa shape index (κ1) is 13.8. The highest BCUT2D eigenvalue weighted by Gasteiger charge is 2.38. The molecular weight excluding hydrogens is 262 g/mol. The van der Waals surface area contributed by atoms with Gasteiger partial charge in [0, 0.05) is 0 Å². The van der Waals surface area contributed by atoms with Crippen molar-refractivity contribution in [2.24, 2.45) is 0 Å². The Bertz CT molecular complexity index is 721. The number of benzene rings is 2. The van der Waals surface area contributed by atoms with Crippen molar-refractivity contribution in [2.45, 2.75) is 18.9 Å².